The van der Waals surface area contributed by atoms with Crippen molar-refractivity contribution in [3.8, 4) is 0 Å². The standard InChI is InChI=1S/C24H31N3O/c1-2-22-12-6-7-13-23(22)25-15-14-24(28)27-19-17-26(18-20-27)16-8-11-21-9-4-3-5-10-21/h3-13,25H,2,14-20H2,1H3/b11-8+. The Kier molecular flexibility index (Phi) is 7.68. The summed E-state index contributed by atoms with van der Waals surface area (Å²) >= 11 is 0. The van der Waals surface area contributed by atoms with Crippen molar-refractivity contribution in [3.05, 3.63) is 71.8 Å². The van der Waals surface area contributed by atoms with Crippen LogP contribution >= 0.6 is 0 Å². The summed E-state index contributed by atoms with van der Waals surface area (Å²) in [5.74, 6) is 0.251. The minimum atomic E-state index is 0.251. The highest BCUT2D eigenvalue weighted by molar-refractivity contribution is 5.77. The monoisotopic (exact) mass is 377 g/mol. The number of benzene rings is 2. The number of para-hydroxylation sites is 1. The lowest BCUT2D eigenvalue weighted by Crippen LogP contribution is -2.48. The van der Waals surface area contributed by atoms with Crippen molar-refractivity contribution < 1.29 is 4.79 Å². The van der Waals surface area contributed by atoms with Crippen LogP contribution < -0.4 is 5.32 Å². The average molecular weight is 378 g/mol. The van der Waals surface area contributed by atoms with Crippen molar-refractivity contribution in [2.45, 2.75) is 19.8 Å². The largest absolute Gasteiger partial charge is 0.384 e. The first kappa shape index (κ1) is 20.2. The van der Waals surface area contributed by atoms with E-state index in [0.717, 1.165) is 44.8 Å². The van der Waals surface area contributed by atoms with E-state index in [9.17, 15) is 4.79 Å². The second kappa shape index (κ2) is 10.7. The molecule has 0 saturated carbocycles. The molecule has 1 fully saturated rings. The number of amides is 1. The van der Waals surface area contributed by atoms with Gasteiger partial charge in [0.15, 0.2) is 0 Å². The minimum Gasteiger partial charge on any atom is -0.384 e. The van der Waals surface area contributed by atoms with Gasteiger partial charge < -0.3 is 10.2 Å². The van der Waals surface area contributed by atoms with Gasteiger partial charge in [-0.3, -0.25) is 9.69 Å². The molecule has 0 bridgehead atoms. The maximum atomic E-state index is 12.5. The molecule has 1 aliphatic rings. The quantitative estimate of drug-likeness (QED) is 0.758. The van der Waals surface area contributed by atoms with Crippen LogP contribution in [0.2, 0.25) is 0 Å². The van der Waals surface area contributed by atoms with Gasteiger partial charge in [-0.1, -0.05) is 67.6 Å². The number of aryl methyl sites for hydroxylation is 1. The van der Waals surface area contributed by atoms with Gasteiger partial charge in [0.25, 0.3) is 0 Å². The maximum Gasteiger partial charge on any atom is 0.224 e. The first-order valence-electron chi connectivity index (χ1n) is 10.3. The smallest absolute Gasteiger partial charge is 0.224 e. The zero-order chi connectivity index (χ0) is 19.6. The summed E-state index contributed by atoms with van der Waals surface area (Å²) in [6, 6.07) is 18.7. The van der Waals surface area contributed by atoms with E-state index in [4.69, 9.17) is 0 Å². The first-order chi connectivity index (χ1) is 13.8. The fourth-order valence-electron chi connectivity index (χ4n) is 3.55. The summed E-state index contributed by atoms with van der Waals surface area (Å²) in [4.78, 5) is 16.9. The predicted octanol–water partition coefficient (Wildman–Crippen LogP) is 3.91. The maximum absolute atomic E-state index is 12.5. The summed E-state index contributed by atoms with van der Waals surface area (Å²) in [5, 5.41) is 3.42. The molecule has 4 heteroatoms. The summed E-state index contributed by atoms with van der Waals surface area (Å²) in [5.41, 5.74) is 3.67. The van der Waals surface area contributed by atoms with Crippen LogP contribution in [0.5, 0.6) is 0 Å². The summed E-state index contributed by atoms with van der Waals surface area (Å²) < 4.78 is 0. The molecular formula is C24H31N3O. The van der Waals surface area contributed by atoms with Crippen molar-refractivity contribution in [3.63, 3.8) is 0 Å². The lowest BCUT2D eigenvalue weighted by Gasteiger charge is -2.34. The molecule has 1 amide bonds. The van der Waals surface area contributed by atoms with E-state index in [1.807, 2.05) is 17.0 Å². The van der Waals surface area contributed by atoms with E-state index in [0.29, 0.717) is 13.0 Å². The van der Waals surface area contributed by atoms with Gasteiger partial charge in [-0.25, -0.2) is 0 Å². The number of carbonyl (C=O) groups excluding carboxylic acids is 1. The highest BCUT2D eigenvalue weighted by Crippen LogP contribution is 2.15. The predicted molar refractivity (Wildman–Crippen MR) is 117 cm³/mol. The van der Waals surface area contributed by atoms with Crippen LogP contribution in [0.25, 0.3) is 6.08 Å². The van der Waals surface area contributed by atoms with Crippen LogP contribution in [-0.2, 0) is 11.2 Å². The molecule has 1 aliphatic heterocycles. The third-order valence-corrected chi connectivity index (χ3v) is 5.25. The van der Waals surface area contributed by atoms with Gasteiger partial charge in [-0.2, -0.15) is 0 Å². The number of nitrogens with zero attached hydrogens (tertiary/aromatic N) is 2. The molecule has 0 radical (unpaired) electrons. The third-order valence-electron chi connectivity index (χ3n) is 5.25. The van der Waals surface area contributed by atoms with Gasteiger partial charge in [0.05, 0.1) is 0 Å². The molecular weight excluding hydrogens is 346 g/mol. The van der Waals surface area contributed by atoms with E-state index in [1.54, 1.807) is 0 Å². The number of hydrogen-bond acceptors (Lipinski definition) is 3. The lowest BCUT2D eigenvalue weighted by atomic mass is 10.1. The molecule has 2 aromatic rings. The lowest BCUT2D eigenvalue weighted by molar-refractivity contribution is -0.132. The molecule has 0 unspecified atom stereocenters. The molecule has 2 aromatic carbocycles. The van der Waals surface area contributed by atoms with Gasteiger partial charge in [0, 0.05) is 51.4 Å². The number of carbonyl (C=O) groups is 1. The van der Waals surface area contributed by atoms with Crippen molar-refractivity contribution in [2.24, 2.45) is 0 Å². The molecule has 0 spiro atoms. The summed E-state index contributed by atoms with van der Waals surface area (Å²) in [6.07, 6.45) is 5.92. The molecule has 0 atom stereocenters. The third kappa shape index (κ3) is 5.96. The SMILES string of the molecule is CCc1ccccc1NCCC(=O)N1CCN(C/C=C/c2ccccc2)CC1. The van der Waals surface area contributed by atoms with Gasteiger partial charge in [-0.15, -0.1) is 0 Å². The zero-order valence-corrected chi connectivity index (χ0v) is 16.8. The number of hydrogen-bond donors (Lipinski definition) is 1. The first-order valence-corrected chi connectivity index (χ1v) is 10.3. The Bertz CT molecular complexity index is 764. The molecule has 148 valence electrons. The normalized spacial score (nSPS) is 15.1. The Balaban J connectivity index is 1.36. The number of rotatable bonds is 8. The van der Waals surface area contributed by atoms with E-state index >= 15 is 0 Å². The van der Waals surface area contributed by atoms with E-state index < -0.39 is 0 Å². The molecule has 0 aliphatic carbocycles. The van der Waals surface area contributed by atoms with Crippen LogP contribution in [0.1, 0.15) is 24.5 Å². The average Bonchev–Trinajstić information content (AvgIpc) is 2.75. The molecule has 28 heavy (non-hydrogen) atoms. The van der Waals surface area contributed by atoms with Crippen molar-refractivity contribution in [1.82, 2.24) is 9.80 Å². The Morgan fingerprint density at radius 1 is 1.00 bits per heavy atom. The van der Waals surface area contributed by atoms with E-state index in [2.05, 4.69) is 71.8 Å². The number of nitrogens with one attached hydrogen (secondary N) is 1. The van der Waals surface area contributed by atoms with Crippen LogP contribution in [0, 0.1) is 0 Å². The van der Waals surface area contributed by atoms with Crippen molar-refractivity contribution in [1.29, 1.82) is 0 Å². The second-order valence-corrected chi connectivity index (χ2v) is 7.18. The Labute approximate surface area is 168 Å². The van der Waals surface area contributed by atoms with Gasteiger partial charge in [0.2, 0.25) is 5.91 Å². The Morgan fingerprint density at radius 2 is 1.71 bits per heavy atom. The van der Waals surface area contributed by atoms with Gasteiger partial charge in [0.1, 0.15) is 0 Å². The van der Waals surface area contributed by atoms with Crippen LogP contribution in [0.3, 0.4) is 0 Å². The molecule has 1 heterocycles. The van der Waals surface area contributed by atoms with Crippen LogP contribution in [0.15, 0.2) is 60.7 Å². The van der Waals surface area contributed by atoms with Crippen LogP contribution in [0.4, 0.5) is 5.69 Å². The molecule has 4 nitrogen and oxygen atoms in total. The fraction of sp³-hybridized carbons (Fsp3) is 0.375. The highest BCUT2D eigenvalue weighted by atomic mass is 16.2. The van der Waals surface area contributed by atoms with Crippen molar-refractivity contribution in [2.75, 3.05) is 44.6 Å². The molecule has 3 rings (SSSR count). The summed E-state index contributed by atoms with van der Waals surface area (Å²) in [6.45, 7) is 7.31. The molecule has 0 aromatic heterocycles. The Hall–Kier alpha value is -2.59. The zero-order valence-electron chi connectivity index (χ0n) is 16.8. The van der Waals surface area contributed by atoms with E-state index in [-0.39, 0.29) is 5.91 Å². The van der Waals surface area contributed by atoms with Crippen LogP contribution in [-0.4, -0.2) is 55.0 Å². The molecule has 1 saturated heterocycles. The van der Waals surface area contributed by atoms with Gasteiger partial charge >= 0.3 is 0 Å². The van der Waals surface area contributed by atoms with Crippen molar-refractivity contribution >= 4 is 17.7 Å². The Morgan fingerprint density at radius 3 is 2.46 bits per heavy atom. The second-order valence-electron chi connectivity index (χ2n) is 7.18. The number of anilines is 1. The van der Waals surface area contributed by atoms with E-state index in [1.165, 1.54) is 11.1 Å². The topological polar surface area (TPSA) is 35.6 Å². The summed E-state index contributed by atoms with van der Waals surface area (Å²) in [7, 11) is 0. The van der Waals surface area contributed by atoms with Gasteiger partial charge in [-0.05, 0) is 23.6 Å². The fourth-order valence-corrected chi connectivity index (χ4v) is 3.55. The number of piperazine rings is 1. The molecule has 1 N–H and O–H groups in total. The highest BCUT2D eigenvalue weighted by Gasteiger charge is 2.19. The minimum absolute atomic E-state index is 0.251.